The average Bonchev–Trinajstić information content (AvgIpc) is 2.46. The highest BCUT2D eigenvalue weighted by atomic mass is 79.9. The first-order chi connectivity index (χ1) is 9.99. The van der Waals surface area contributed by atoms with E-state index in [-0.39, 0.29) is 5.56 Å². The van der Waals surface area contributed by atoms with Crippen molar-refractivity contribution in [2.24, 2.45) is 0 Å². The second-order valence-electron chi connectivity index (χ2n) is 4.52. The summed E-state index contributed by atoms with van der Waals surface area (Å²) >= 11 is 3.43. The van der Waals surface area contributed by atoms with Crippen LogP contribution in [0.2, 0.25) is 0 Å². The lowest BCUT2D eigenvalue weighted by molar-refractivity contribution is 0.0697. The number of carboxylic acids is 1. The van der Waals surface area contributed by atoms with Crippen LogP contribution < -0.4 is 9.47 Å². The van der Waals surface area contributed by atoms with Crippen molar-refractivity contribution in [3.05, 3.63) is 45.9 Å². The molecule has 4 nitrogen and oxygen atoms in total. The normalized spacial score (nSPS) is 10.3. The Balaban J connectivity index is 2.75. The van der Waals surface area contributed by atoms with E-state index < -0.39 is 5.97 Å². The molecule has 0 spiro atoms. The van der Waals surface area contributed by atoms with E-state index in [4.69, 9.17) is 9.47 Å². The number of ether oxygens (including phenoxy) is 2. The van der Waals surface area contributed by atoms with E-state index in [0.29, 0.717) is 27.1 Å². The quantitative estimate of drug-likeness (QED) is 0.900. The molecule has 0 heterocycles. The van der Waals surface area contributed by atoms with Crippen molar-refractivity contribution in [1.29, 1.82) is 0 Å². The zero-order chi connectivity index (χ0) is 15.6. The number of methoxy groups -OCH3 is 2. The third kappa shape index (κ3) is 2.88. The third-order valence-electron chi connectivity index (χ3n) is 3.18. The summed E-state index contributed by atoms with van der Waals surface area (Å²) in [5, 5.41) is 9.37. The summed E-state index contributed by atoms with van der Waals surface area (Å²) in [6.45, 7) is 1.92. The molecule has 2 aromatic carbocycles. The van der Waals surface area contributed by atoms with Crippen LogP contribution in [0.4, 0.5) is 0 Å². The van der Waals surface area contributed by atoms with Gasteiger partial charge in [-0.05, 0) is 41.1 Å². The maximum Gasteiger partial charge on any atom is 0.336 e. The lowest BCUT2D eigenvalue weighted by Gasteiger charge is -2.15. The molecule has 0 unspecified atom stereocenters. The lowest BCUT2D eigenvalue weighted by Crippen LogP contribution is -2.01. The number of aryl methyl sites for hydroxylation is 1. The number of hydrogen-bond acceptors (Lipinski definition) is 3. The van der Waals surface area contributed by atoms with Gasteiger partial charge in [0.2, 0.25) is 0 Å². The van der Waals surface area contributed by atoms with E-state index in [9.17, 15) is 9.90 Å². The predicted molar refractivity (Wildman–Crippen MR) is 84.4 cm³/mol. The third-order valence-corrected chi connectivity index (χ3v) is 3.93. The summed E-state index contributed by atoms with van der Waals surface area (Å²) in [7, 11) is 3.10. The fraction of sp³-hybridized carbons (Fsp3) is 0.188. The summed E-state index contributed by atoms with van der Waals surface area (Å²) in [4.78, 5) is 11.4. The van der Waals surface area contributed by atoms with Crippen molar-refractivity contribution in [3.8, 4) is 22.6 Å². The maximum atomic E-state index is 11.4. The highest BCUT2D eigenvalue weighted by Crippen LogP contribution is 2.43. The molecule has 0 atom stereocenters. The molecule has 0 amide bonds. The molecule has 0 aromatic heterocycles. The number of hydrogen-bond donors (Lipinski definition) is 1. The monoisotopic (exact) mass is 350 g/mol. The minimum atomic E-state index is -0.973. The van der Waals surface area contributed by atoms with Crippen molar-refractivity contribution in [3.63, 3.8) is 0 Å². The van der Waals surface area contributed by atoms with E-state index in [0.717, 1.165) is 5.56 Å². The Morgan fingerprint density at radius 3 is 2.38 bits per heavy atom. The molecule has 2 aromatic rings. The summed E-state index contributed by atoms with van der Waals surface area (Å²) in [6.07, 6.45) is 0. The maximum absolute atomic E-state index is 11.4. The summed E-state index contributed by atoms with van der Waals surface area (Å²) in [6, 6.07) is 8.78. The van der Waals surface area contributed by atoms with Gasteiger partial charge in [-0.15, -0.1) is 0 Å². The summed E-state index contributed by atoms with van der Waals surface area (Å²) in [5.74, 6) is 0.196. The number of carbonyl (C=O) groups is 1. The van der Waals surface area contributed by atoms with Gasteiger partial charge in [0.25, 0.3) is 0 Å². The van der Waals surface area contributed by atoms with Crippen molar-refractivity contribution >= 4 is 21.9 Å². The van der Waals surface area contributed by atoms with E-state index in [1.165, 1.54) is 0 Å². The van der Waals surface area contributed by atoms with Crippen LogP contribution in [0.15, 0.2) is 34.8 Å². The Hall–Kier alpha value is -2.01. The minimum Gasteiger partial charge on any atom is -0.495 e. The van der Waals surface area contributed by atoms with Crippen LogP contribution in [0.25, 0.3) is 11.1 Å². The van der Waals surface area contributed by atoms with Crippen LogP contribution in [0.3, 0.4) is 0 Å². The van der Waals surface area contributed by atoms with Crippen molar-refractivity contribution in [2.45, 2.75) is 6.92 Å². The standard InChI is InChI=1S/C16H15BrO4/c1-9-4-5-11(16(18)19)12(8-9)10-6-7-13(20-2)14(17)15(10)21-3/h4-8H,1-3H3,(H,18,19). The Bertz CT molecular complexity index is 695. The lowest BCUT2D eigenvalue weighted by atomic mass is 9.96. The molecule has 0 aliphatic rings. The van der Waals surface area contributed by atoms with Crippen LogP contribution in [0, 0.1) is 6.92 Å². The first kappa shape index (κ1) is 15.4. The second kappa shape index (κ2) is 6.18. The molecule has 0 bridgehead atoms. The van der Waals surface area contributed by atoms with Gasteiger partial charge < -0.3 is 14.6 Å². The second-order valence-corrected chi connectivity index (χ2v) is 5.31. The van der Waals surface area contributed by atoms with Gasteiger partial charge in [-0.2, -0.15) is 0 Å². The Morgan fingerprint density at radius 2 is 1.81 bits per heavy atom. The highest BCUT2D eigenvalue weighted by Gasteiger charge is 2.19. The molecule has 0 saturated heterocycles. The van der Waals surface area contributed by atoms with Crippen LogP contribution >= 0.6 is 15.9 Å². The van der Waals surface area contributed by atoms with Gasteiger partial charge in [-0.3, -0.25) is 0 Å². The molecule has 0 aliphatic carbocycles. The number of halogens is 1. The van der Waals surface area contributed by atoms with Gasteiger partial charge in [0.15, 0.2) is 0 Å². The molecule has 0 radical (unpaired) electrons. The van der Waals surface area contributed by atoms with Gasteiger partial charge in [-0.25, -0.2) is 4.79 Å². The molecule has 110 valence electrons. The molecule has 21 heavy (non-hydrogen) atoms. The Labute approximate surface area is 131 Å². The molecule has 0 saturated carbocycles. The molecular weight excluding hydrogens is 336 g/mol. The molecule has 2 rings (SSSR count). The summed E-state index contributed by atoms with van der Waals surface area (Å²) < 4.78 is 11.3. The fourth-order valence-corrected chi connectivity index (χ4v) is 2.84. The first-order valence-corrected chi connectivity index (χ1v) is 7.03. The highest BCUT2D eigenvalue weighted by molar-refractivity contribution is 9.10. The zero-order valence-electron chi connectivity index (χ0n) is 11.9. The van der Waals surface area contributed by atoms with Crippen molar-refractivity contribution in [1.82, 2.24) is 0 Å². The predicted octanol–water partition coefficient (Wildman–Crippen LogP) is 4.14. The van der Waals surface area contributed by atoms with Crippen LogP contribution in [0.5, 0.6) is 11.5 Å². The number of carboxylic acid groups (broad SMARTS) is 1. The number of benzene rings is 2. The van der Waals surface area contributed by atoms with Gasteiger partial charge >= 0.3 is 5.97 Å². The number of rotatable bonds is 4. The Kier molecular flexibility index (Phi) is 4.53. The van der Waals surface area contributed by atoms with E-state index in [2.05, 4.69) is 15.9 Å². The first-order valence-electron chi connectivity index (χ1n) is 6.24. The van der Waals surface area contributed by atoms with Crippen LogP contribution in [0.1, 0.15) is 15.9 Å². The van der Waals surface area contributed by atoms with Crippen LogP contribution in [-0.4, -0.2) is 25.3 Å². The largest absolute Gasteiger partial charge is 0.495 e. The number of aromatic carboxylic acids is 1. The summed E-state index contributed by atoms with van der Waals surface area (Å²) in [5.41, 5.74) is 2.52. The molecule has 0 aliphatic heterocycles. The van der Waals surface area contributed by atoms with E-state index in [1.54, 1.807) is 38.5 Å². The molecule has 5 heteroatoms. The van der Waals surface area contributed by atoms with Crippen molar-refractivity contribution in [2.75, 3.05) is 14.2 Å². The minimum absolute atomic E-state index is 0.232. The topological polar surface area (TPSA) is 55.8 Å². The SMILES string of the molecule is COc1ccc(-c2cc(C)ccc2C(=O)O)c(OC)c1Br. The molecular formula is C16H15BrO4. The fourth-order valence-electron chi connectivity index (χ4n) is 2.17. The van der Waals surface area contributed by atoms with Crippen molar-refractivity contribution < 1.29 is 19.4 Å². The molecule has 1 N–H and O–H groups in total. The van der Waals surface area contributed by atoms with Gasteiger partial charge in [-0.1, -0.05) is 17.7 Å². The van der Waals surface area contributed by atoms with Gasteiger partial charge in [0, 0.05) is 11.1 Å². The average molecular weight is 351 g/mol. The molecule has 0 fully saturated rings. The Morgan fingerprint density at radius 1 is 1.10 bits per heavy atom. The van der Waals surface area contributed by atoms with Crippen LogP contribution in [-0.2, 0) is 0 Å². The zero-order valence-corrected chi connectivity index (χ0v) is 13.5. The van der Waals surface area contributed by atoms with E-state index in [1.807, 2.05) is 13.0 Å². The van der Waals surface area contributed by atoms with Gasteiger partial charge in [0.05, 0.1) is 19.8 Å². The van der Waals surface area contributed by atoms with E-state index >= 15 is 0 Å². The smallest absolute Gasteiger partial charge is 0.336 e. The van der Waals surface area contributed by atoms with Gasteiger partial charge in [0.1, 0.15) is 16.0 Å².